The first-order valence-corrected chi connectivity index (χ1v) is 4.56. The fourth-order valence-corrected chi connectivity index (χ4v) is 1.35. The van der Waals surface area contributed by atoms with E-state index in [-0.39, 0.29) is 0 Å². The standard InChI is InChI=1S/C8H7BrN4/c1-5-6(9)7(13-12-5)8-10-3-2-4-11-8/h2-4H,1H3,(H,12,13). The van der Waals surface area contributed by atoms with Crippen molar-refractivity contribution in [2.45, 2.75) is 6.92 Å². The van der Waals surface area contributed by atoms with Gasteiger partial charge in [-0.1, -0.05) is 0 Å². The van der Waals surface area contributed by atoms with Crippen molar-refractivity contribution in [3.8, 4) is 11.5 Å². The summed E-state index contributed by atoms with van der Waals surface area (Å²) in [5.74, 6) is 0.648. The van der Waals surface area contributed by atoms with E-state index >= 15 is 0 Å². The molecule has 0 saturated heterocycles. The molecule has 2 aromatic rings. The molecule has 0 saturated carbocycles. The van der Waals surface area contributed by atoms with E-state index in [1.165, 1.54) is 0 Å². The molecule has 0 radical (unpaired) electrons. The fourth-order valence-electron chi connectivity index (χ4n) is 0.995. The average molecular weight is 239 g/mol. The largest absolute Gasteiger partial charge is 0.273 e. The van der Waals surface area contributed by atoms with Gasteiger partial charge in [-0.2, -0.15) is 5.10 Å². The van der Waals surface area contributed by atoms with Gasteiger partial charge in [0.15, 0.2) is 5.82 Å². The summed E-state index contributed by atoms with van der Waals surface area (Å²) < 4.78 is 0.915. The molecule has 4 nitrogen and oxygen atoms in total. The van der Waals surface area contributed by atoms with Gasteiger partial charge in [-0.05, 0) is 28.9 Å². The molecule has 0 fully saturated rings. The van der Waals surface area contributed by atoms with Crippen LogP contribution in [0.1, 0.15) is 5.69 Å². The number of aryl methyl sites for hydroxylation is 1. The van der Waals surface area contributed by atoms with Crippen LogP contribution in [0.2, 0.25) is 0 Å². The van der Waals surface area contributed by atoms with Crippen LogP contribution in [-0.4, -0.2) is 20.2 Å². The van der Waals surface area contributed by atoms with E-state index in [0.29, 0.717) is 5.82 Å². The number of rotatable bonds is 1. The van der Waals surface area contributed by atoms with Gasteiger partial charge in [0.05, 0.1) is 10.2 Å². The van der Waals surface area contributed by atoms with Crippen molar-refractivity contribution in [1.29, 1.82) is 0 Å². The van der Waals surface area contributed by atoms with Crippen molar-refractivity contribution in [3.63, 3.8) is 0 Å². The molecule has 0 spiro atoms. The highest BCUT2D eigenvalue weighted by Gasteiger charge is 2.10. The molecule has 13 heavy (non-hydrogen) atoms. The zero-order chi connectivity index (χ0) is 9.26. The zero-order valence-electron chi connectivity index (χ0n) is 6.95. The minimum absolute atomic E-state index is 0.648. The lowest BCUT2D eigenvalue weighted by Gasteiger charge is -1.94. The number of hydrogen-bond donors (Lipinski definition) is 1. The minimum atomic E-state index is 0.648. The van der Waals surface area contributed by atoms with E-state index in [4.69, 9.17) is 0 Å². The Balaban J connectivity index is 2.53. The zero-order valence-corrected chi connectivity index (χ0v) is 8.54. The Morgan fingerprint density at radius 2 is 2.00 bits per heavy atom. The summed E-state index contributed by atoms with van der Waals surface area (Å²) in [6, 6.07) is 1.78. The first-order chi connectivity index (χ1) is 6.29. The minimum Gasteiger partial charge on any atom is -0.273 e. The Morgan fingerprint density at radius 3 is 2.54 bits per heavy atom. The number of nitrogens with zero attached hydrogens (tertiary/aromatic N) is 3. The molecule has 1 N–H and O–H groups in total. The highest BCUT2D eigenvalue weighted by atomic mass is 79.9. The number of nitrogens with one attached hydrogen (secondary N) is 1. The van der Waals surface area contributed by atoms with E-state index in [1.807, 2.05) is 6.92 Å². The molecule has 2 aromatic heterocycles. The molecule has 0 aromatic carbocycles. The molecule has 5 heteroatoms. The maximum Gasteiger partial charge on any atom is 0.178 e. The van der Waals surface area contributed by atoms with E-state index < -0.39 is 0 Å². The Kier molecular flexibility index (Phi) is 2.10. The predicted octanol–water partition coefficient (Wildman–Crippen LogP) is 1.94. The highest BCUT2D eigenvalue weighted by Crippen LogP contribution is 2.24. The van der Waals surface area contributed by atoms with Gasteiger partial charge in [-0.25, -0.2) is 9.97 Å². The second-order valence-corrected chi connectivity index (χ2v) is 3.36. The molecular weight excluding hydrogens is 232 g/mol. The van der Waals surface area contributed by atoms with E-state index in [1.54, 1.807) is 18.5 Å². The van der Waals surface area contributed by atoms with Crippen LogP contribution in [0.5, 0.6) is 0 Å². The van der Waals surface area contributed by atoms with E-state index in [9.17, 15) is 0 Å². The van der Waals surface area contributed by atoms with E-state index in [0.717, 1.165) is 15.9 Å². The monoisotopic (exact) mass is 238 g/mol. The first kappa shape index (κ1) is 8.37. The molecule has 0 amide bonds. The fraction of sp³-hybridized carbons (Fsp3) is 0.125. The maximum atomic E-state index is 4.11. The molecule has 0 aliphatic rings. The van der Waals surface area contributed by atoms with Crippen LogP contribution in [0, 0.1) is 6.92 Å². The van der Waals surface area contributed by atoms with Crippen molar-refractivity contribution in [2.75, 3.05) is 0 Å². The molecule has 0 bridgehead atoms. The predicted molar refractivity (Wildman–Crippen MR) is 52.1 cm³/mol. The van der Waals surface area contributed by atoms with Crippen molar-refractivity contribution in [2.24, 2.45) is 0 Å². The van der Waals surface area contributed by atoms with Gasteiger partial charge < -0.3 is 0 Å². The SMILES string of the molecule is Cc1n[nH]c(-c2ncccn2)c1Br. The van der Waals surface area contributed by atoms with Crippen LogP contribution in [0.15, 0.2) is 22.9 Å². The summed E-state index contributed by atoms with van der Waals surface area (Å²) in [5.41, 5.74) is 1.72. The number of hydrogen-bond acceptors (Lipinski definition) is 3. The molecule has 0 aliphatic heterocycles. The van der Waals surface area contributed by atoms with Crippen molar-refractivity contribution >= 4 is 15.9 Å². The normalized spacial score (nSPS) is 10.3. The summed E-state index contributed by atoms with van der Waals surface area (Å²) in [4.78, 5) is 8.22. The van der Waals surface area contributed by atoms with Crippen molar-refractivity contribution in [3.05, 3.63) is 28.6 Å². The van der Waals surface area contributed by atoms with Crippen LogP contribution in [0.25, 0.3) is 11.5 Å². The summed E-state index contributed by atoms with van der Waals surface area (Å²) in [7, 11) is 0. The van der Waals surface area contributed by atoms with Gasteiger partial charge in [-0.3, -0.25) is 5.10 Å². The van der Waals surface area contributed by atoms with Crippen LogP contribution in [-0.2, 0) is 0 Å². The summed E-state index contributed by atoms with van der Waals surface area (Å²) in [6.45, 7) is 1.91. The molecular formula is C8H7BrN4. The number of H-pyrrole nitrogens is 1. The second-order valence-electron chi connectivity index (χ2n) is 2.57. The van der Waals surface area contributed by atoms with Gasteiger partial charge in [0.2, 0.25) is 0 Å². The lowest BCUT2D eigenvalue weighted by Crippen LogP contribution is -1.87. The Labute approximate surface area is 83.6 Å². The van der Waals surface area contributed by atoms with Crippen molar-refractivity contribution < 1.29 is 0 Å². The van der Waals surface area contributed by atoms with Gasteiger partial charge in [0.25, 0.3) is 0 Å². The lowest BCUT2D eigenvalue weighted by atomic mass is 10.3. The number of aromatic nitrogens is 4. The van der Waals surface area contributed by atoms with Crippen LogP contribution in [0.3, 0.4) is 0 Å². The number of halogens is 1. The van der Waals surface area contributed by atoms with Gasteiger partial charge in [0.1, 0.15) is 5.69 Å². The second kappa shape index (κ2) is 3.26. The lowest BCUT2D eigenvalue weighted by molar-refractivity contribution is 1.03. The average Bonchev–Trinajstić information content (AvgIpc) is 2.49. The summed E-state index contributed by atoms with van der Waals surface area (Å²) in [5, 5.41) is 6.91. The van der Waals surface area contributed by atoms with Crippen LogP contribution < -0.4 is 0 Å². The number of aromatic amines is 1. The molecule has 2 rings (SSSR count). The molecule has 0 aliphatic carbocycles. The molecule has 2 heterocycles. The van der Waals surface area contributed by atoms with Crippen LogP contribution >= 0.6 is 15.9 Å². The molecule has 0 atom stereocenters. The highest BCUT2D eigenvalue weighted by molar-refractivity contribution is 9.10. The first-order valence-electron chi connectivity index (χ1n) is 3.77. The van der Waals surface area contributed by atoms with Gasteiger partial charge >= 0.3 is 0 Å². The summed E-state index contributed by atoms with van der Waals surface area (Å²) in [6.07, 6.45) is 3.40. The quantitative estimate of drug-likeness (QED) is 0.827. The van der Waals surface area contributed by atoms with Gasteiger partial charge in [0, 0.05) is 12.4 Å². The Bertz CT molecular complexity index is 409. The van der Waals surface area contributed by atoms with Crippen LogP contribution in [0.4, 0.5) is 0 Å². The smallest absolute Gasteiger partial charge is 0.178 e. The van der Waals surface area contributed by atoms with E-state index in [2.05, 4.69) is 36.1 Å². The van der Waals surface area contributed by atoms with Crippen molar-refractivity contribution in [1.82, 2.24) is 20.2 Å². The molecule has 66 valence electrons. The maximum absolute atomic E-state index is 4.11. The third kappa shape index (κ3) is 1.47. The molecule has 0 unspecified atom stereocenters. The van der Waals surface area contributed by atoms with Gasteiger partial charge in [-0.15, -0.1) is 0 Å². The summed E-state index contributed by atoms with van der Waals surface area (Å²) >= 11 is 3.41. The third-order valence-corrected chi connectivity index (χ3v) is 2.63. The Morgan fingerprint density at radius 1 is 1.31 bits per heavy atom. The third-order valence-electron chi connectivity index (χ3n) is 1.66. The Hall–Kier alpha value is -1.23. The topological polar surface area (TPSA) is 54.5 Å².